The summed E-state index contributed by atoms with van der Waals surface area (Å²) in [4.78, 5) is 0. The predicted molar refractivity (Wildman–Crippen MR) is 49.1 cm³/mol. The van der Waals surface area contributed by atoms with Crippen LogP contribution in [0.25, 0.3) is 0 Å². The van der Waals surface area contributed by atoms with E-state index < -0.39 is 0 Å². The second kappa shape index (κ2) is 18.2. The summed E-state index contributed by atoms with van der Waals surface area (Å²) in [6.07, 6.45) is 7.64. The summed E-state index contributed by atoms with van der Waals surface area (Å²) in [5.74, 6) is 0.861. The predicted octanol–water partition coefficient (Wildman–Crippen LogP) is 3.50. The molecule has 0 N–H and O–H groups in total. The van der Waals surface area contributed by atoms with E-state index >= 15 is 0 Å². The summed E-state index contributed by atoms with van der Waals surface area (Å²) in [6.45, 7) is 8.84. The molecule has 1 aliphatic rings. The van der Waals surface area contributed by atoms with Crippen molar-refractivity contribution in [2.45, 2.75) is 32.6 Å². The van der Waals surface area contributed by atoms with E-state index in [4.69, 9.17) is 0 Å². The van der Waals surface area contributed by atoms with Crippen LogP contribution in [0.5, 0.6) is 0 Å². The van der Waals surface area contributed by atoms with Crippen LogP contribution in [0.2, 0.25) is 0 Å². The molecule has 0 heterocycles. The zero-order valence-electron chi connectivity index (χ0n) is 8.21. The van der Waals surface area contributed by atoms with Crippen molar-refractivity contribution in [1.29, 1.82) is 0 Å². The van der Waals surface area contributed by atoms with Gasteiger partial charge in [0.2, 0.25) is 0 Å². The van der Waals surface area contributed by atoms with Gasteiger partial charge in [-0.1, -0.05) is 12.8 Å². The second-order valence-electron chi connectivity index (χ2n) is 2.22. The van der Waals surface area contributed by atoms with Gasteiger partial charge in [-0.3, -0.25) is 0 Å². The molecule has 1 unspecified atom stereocenters. The minimum absolute atomic E-state index is 0. The molecule has 0 aromatic carbocycles. The van der Waals surface area contributed by atoms with Crippen LogP contribution in [0, 0.1) is 33.6 Å². The van der Waals surface area contributed by atoms with Gasteiger partial charge in [0.25, 0.3) is 0 Å². The van der Waals surface area contributed by atoms with Crippen molar-refractivity contribution in [2.75, 3.05) is 0 Å². The molecule has 2 heteroatoms. The summed E-state index contributed by atoms with van der Waals surface area (Å²) in [6, 6.07) is 0. The Morgan fingerprint density at radius 1 is 1.33 bits per heavy atom. The van der Waals surface area contributed by atoms with Gasteiger partial charge in [-0.15, -0.1) is 0 Å². The first-order valence-electron chi connectivity index (χ1n) is 3.77. The Morgan fingerprint density at radius 2 is 1.83 bits per heavy atom. The van der Waals surface area contributed by atoms with Crippen molar-refractivity contribution in [3.63, 3.8) is 0 Å². The number of hydrogen-bond donors (Lipinski definition) is 0. The van der Waals surface area contributed by atoms with E-state index in [1.807, 2.05) is 0 Å². The molecule has 1 aliphatic carbocycles. The Balaban J connectivity index is -0.0000000600. The Bertz CT molecular complexity index is 49.8. The van der Waals surface area contributed by atoms with Gasteiger partial charge in [-0.05, 0) is 0 Å². The van der Waals surface area contributed by atoms with Crippen LogP contribution in [0.15, 0.2) is 0 Å². The van der Waals surface area contributed by atoms with Gasteiger partial charge in [-0.2, -0.15) is 19.3 Å². The van der Waals surface area contributed by atoms with Gasteiger partial charge in [0.15, 0.2) is 0 Å². The van der Waals surface area contributed by atoms with Crippen LogP contribution in [-0.2, 0) is 42.1 Å². The molecule has 1 fully saturated rings. The molecule has 0 saturated heterocycles. The Kier molecular flexibility index (Phi) is 35.4. The van der Waals surface area contributed by atoms with Crippen LogP contribution in [0.3, 0.4) is 0 Å². The van der Waals surface area contributed by atoms with E-state index in [9.17, 15) is 0 Å². The summed E-state index contributed by atoms with van der Waals surface area (Å²) in [5.41, 5.74) is 0. The summed E-state index contributed by atoms with van der Waals surface area (Å²) in [7, 11) is 0. The minimum Gasteiger partial charge on any atom is -0.358 e. The van der Waals surface area contributed by atoms with E-state index in [-0.39, 0.29) is 49.6 Å². The zero-order chi connectivity index (χ0) is 7.11. The fraction of sp³-hybridized carbons (Fsp3) is 0.600. The Morgan fingerprint density at radius 3 is 2.00 bits per heavy atom. The molecule has 0 nitrogen and oxygen atoms in total. The fourth-order valence-electron chi connectivity index (χ4n) is 1.11. The van der Waals surface area contributed by atoms with Crippen molar-refractivity contribution < 1.29 is 42.1 Å². The first kappa shape index (κ1) is 23.3. The topological polar surface area (TPSA) is 0 Å². The van der Waals surface area contributed by atoms with E-state index in [1.54, 1.807) is 6.92 Å². The van der Waals surface area contributed by atoms with Crippen molar-refractivity contribution in [3.8, 4) is 0 Å². The Labute approximate surface area is 108 Å². The van der Waals surface area contributed by atoms with Gasteiger partial charge >= 0.3 is 42.1 Å². The molecule has 0 spiro atoms. The first-order valence-corrected chi connectivity index (χ1v) is 3.77. The zero-order valence-corrected chi connectivity index (χ0v) is 14.1. The minimum atomic E-state index is 0. The monoisotopic (exact) mass is 508 g/mol. The summed E-state index contributed by atoms with van der Waals surface area (Å²) < 4.78 is 0. The SMILES string of the molecule is [CH2-]C.[CH2-]CC1[CH-]CCC1.[CH3-].[W+2].[W+2]. The molecule has 0 aromatic rings. The van der Waals surface area contributed by atoms with E-state index in [2.05, 4.69) is 20.3 Å². The molecule has 0 aliphatic heterocycles. The third kappa shape index (κ3) is 11.4. The molecule has 12 heavy (non-hydrogen) atoms. The molecule has 1 rings (SSSR count). The quantitative estimate of drug-likeness (QED) is 0.477. The van der Waals surface area contributed by atoms with Crippen LogP contribution >= 0.6 is 0 Å². The fourth-order valence-corrected chi connectivity index (χ4v) is 1.11. The average Bonchev–Trinajstić information content (AvgIpc) is 2.43. The van der Waals surface area contributed by atoms with E-state index in [0.29, 0.717) is 0 Å². The van der Waals surface area contributed by atoms with Gasteiger partial charge < -0.3 is 27.7 Å². The molecule has 0 aromatic heterocycles. The summed E-state index contributed by atoms with van der Waals surface area (Å²) in [5, 5.41) is 0. The summed E-state index contributed by atoms with van der Waals surface area (Å²) >= 11 is 0. The maximum atomic E-state index is 3.84. The molecule has 72 valence electrons. The van der Waals surface area contributed by atoms with Crippen molar-refractivity contribution in [1.82, 2.24) is 0 Å². The van der Waals surface area contributed by atoms with Crippen LogP contribution in [0.4, 0.5) is 0 Å². The average molecular weight is 508 g/mol. The molecule has 0 amide bonds. The molecule has 1 atom stereocenters. The van der Waals surface area contributed by atoms with Crippen molar-refractivity contribution in [3.05, 3.63) is 27.7 Å². The standard InChI is InChI=1S/C7H12.C2H5.CH3.2W/c1-2-7-5-3-4-6-7;1-2;;;/h5,7H,1-4,6H2;1H2,2H3;1H3;;/q-2;2*-1;2*+2. The van der Waals surface area contributed by atoms with Gasteiger partial charge in [0.05, 0.1) is 0 Å². The van der Waals surface area contributed by atoms with E-state index in [0.717, 1.165) is 12.3 Å². The molecule has 1 saturated carbocycles. The third-order valence-corrected chi connectivity index (χ3v) is 1.65. The molecular weight excluding hydrogens is 488 g/mol. The Hall–Kier alpha value is 1.38. The normalized spacial score (nSPS) is 18.8. The maximum Gasteiger partial charge on any atom is 2.00 e. The van der Waals surface area contributed by atoms with Gasteiger partial charge in [0, 0.05) is 0 Å². The number of hydrogen-bond acceptors (Lipinski definition) is 0. The largest absolute Gasteiger partial charge is 2.00 e. The third-order valence-electron chi connectivity index (χ3n) is 1.65. The van der Waals surface area contributed by atoms with Gasteiger partial charge in [0.1, 0.15) is 0 Å². The van der Waals surface area contributed by atoms with Gasteiger partial charge in [-0.25, -0.2) is 6.42 Å². The smallest absolute Gasteiger partial charge is 0.358 e. The van der Waals surface area contributed by atoms with E-state index in [1.165, 1.54) is 19.3 Å². The molecule has 0 radical (unpaired) electrons. The maximum absolute atomic E-state index is 3.84. The van der Waals surface area contributed by atoms with Crippen LogP contribution < -0.4 is 0 Å². The van der Waals surface area contributed by atoms with Crippen molar-refractivity contribution >= 4 is 0 Å². The first-order chi connectivity index (χ1) is 4.43. The molecule has 0 bridgehead atoms. The van der Waals surface area contributed by atoms with Crippen molar-refractivity contribution in [2.24, 2.45) is 5.92 Å². The second-order valence-corrected chi connectivity index (χ2v) is 2.22. The van der Waals surface area contributed by atoms with Crippen LogP contribution in [0.1, 0.15) is 32.6 Å². The van der Waals surface area contributed by atoms with Crippen LogP contribution in [-0.4, -0.2) is 0 Å². The number of rotatable bonds is 1. The molecular formula is C10H20W2.